The second-order valence-corrected chi connectivity index (χ2v) is 4.06. The molecule has 0 atom stereocenters. The highest BCUT2D eigenvalue weighted by atomic mass is 16.1. The van der Waals surface area contributed by atoms with E-state index >= 15 is 0 Å². The number of rotatable bonds is 2. The Balaban J connectivity index is 2.04. The number of hydrogen-bond acceptors (Lipinski definition) is 4. The fourth-order valence-electron chi connectivity index (χ4n) is 1.86. The number of aromatic nitrogens is 2. The van der Waals surface area contributed by atoms with E-state index in [4.69, 9.17) is 12.2 Å². The number of nitrogens with two attached hydrogens (primary N) is 1. The SMILES string of the molecule is C#CC1CCN(c2ncc(C(N)=O)cn2)CC1. The van der Waals surface area contributed by atoms with Crippen LogP contribution in [0.15, 0.2) is 12.4 Å². The predicted molar refractivity (Wildman–Crippen MR) is 64.3 cm³/mol. The average Bonchev–Trinajstić information content (AvgIpc) is 2.39. The Hall–Kier alpha value is -2.09. The monoisotopic (exact) mass is 230 g/mol. The van der Waals surface area contributed by atoms with E-state index in [0.717, 1.165) is 25.9 Å². The van der Waals surface area contributed by atoms with E-state index in [-0.39, 0.29) is 0 Å². The zero-order valence-corrected chi connectivity index (χ0v) is 9.47. The van der Waals surface area contributed by atoms with E-state index in [1.165, 1.54) is 12.4 Å². The highest BCUT2D eigenvalue weighted by molar-refractivity contribution is 5.92. The van der Waals surface area contributed by atoms with Crippen molar-refractivity contribution in [3.8, 4) is 12.3 Å². The number of anilines is 1. The fraction of sp³-hybridized carbons (Fsp3) is 0.417. The third kappa shape index (κ3) is 2.53. The van der Waals surface area contributed by atoms with Crippen LogP contribution in [0.3, 0.4) is 0 Å². The molecule has 0 bridgehead atoms. The van der Waals surface area contributed by atoms with Crippen LogP contribution in [0.4, 0.5) is 5.95 Å². The van der Waals surface area contributed by atoms with Crippen molar-refractivity contribution in [2.45, 2.75) is 12.8 Å². The lowest BCUT2D eigenvalue weighted by Gasteiger charge is -2.29. The standard InChI is InChI=1S/C12H14N4O/c1-2-9-3-5-16(6-4-9)12-14-7-10(8-15-12)11(13)17/h1,7-9H,3-6H2,(H2,13,17). The molecule has 5 heteroatoms. The highest BCUT2D eigenvalue weighted by Gasteiger charge is 2.19. The molecule has 17 heavy (non-hydrogen) atoms. The summed E-state index contributed by atoms with van der Waals surface area (Å²) in [5, 5.41) is 0. The summed E-state index contributed by atoms with van der Waals surface area (Å²) in [6, 6.07) is 0. The van der Waals surface area contributed by atoms with Gasteiger partial charge in [-0.2, -0.15) is 0 Å². The van der Waals surface area contributed by atoms with Crippen molar-refractivity contribution in [2.75, 3.05) is 18.0 Å². The molecule has 2 N–H and O–H groups in total. The first-order chi connectivity index (χ1) is 8.20. The van der Waals surface area contributed by atoms with Gasteiger partial charge in [-0.25, -0.2) is 9.97 Å². The van der Waals surface area contributed by atoms with Crippen molar-refractivity contribution < 1.29 is 4.79 Å². The van der Waals surface area contributed by atoms with E-state index in [1.807, 2.05) is 0 Å². The molecule has 0 aliphatic carbocycles. The average molecular weight is 230 g/mol. The Labute approximate surface area is 100 Å². The lowest BCUT2D eigenvalue weighted by molar-refractivity contribution is 0.0999. The molecule has 0 radical (unpaired) electrons. The van der Waals surface area contributed by atoms with E-state index < -0.39 is 5.91 Å². The van der Waals surface area contributed by atoms with Gasteiger partial charge in [-0.1, -0.05) is 0 Å². The molecule has 1 aromatic heterocycles. The maximum atomic E-state index is 10.9. The summed E-state index contributed by atoms with van der Waals surface area (Å²) in [7, 11) is 0. The van der Waals surface area contributed by atoms with Crippen molar-refractivity contribution in [3.63, 3.8) is 0 Å². The number of primary amides is 1. The van der Waals surface area contributed by atoms with Gasteiger partial charge in [-0.3, -0.25) is 4.79 Å². The summed E-state index contributed by atoms with van der Waals surface area (Å²) in [5.41, 5.74) is 5.45. The van der Waals surface area contributed by atoms with E-state index in [0.29, 0.717) is 17.4 Å². The zero-order chi connectivity index (χ0) is 12.3. The largest absolute Gasteiger partial charge is 0.366 e. The van der Waals surface area contributed by atoms with Crippen LogP contribution in [-0.2, 0) is 0 Å². The van der Waals surface area contributed by atoms with Crippen molar-refractivity contribution in [1.29, 1.82) is 0 Å². The molecule has 2 rings (SSSR count). The summed E-state index contributed by atoms with van der Waals surface area (Å²) in [4.78, 5) is 21.2. The summed E-state index contributed by atoms with van der Waals surface area (Å²) >= 11 is 0. The summed E-state index contributed by atoms with van der Waals surface area (Å²) in [5.74, 6) is 3.25. The fourth-order valence-corrected chi connectivity index (χ4v) is 1.86. The molecule has 1 aliphatic rings. The minimum absolute atomic E-state index is 0.326. The quantitative estimate of drug-likeness (QED) is 0.748. The number of hydrogen-bond donors (Lipinski definition) is 1. The number of nitrogens with zero attached hydrogens (tertiary/aromatic N) is 3. The van der Waals surface area contributed by atoms with Gasteiger partial charge in [0.15, 0.2) is 0 Å². The minimum Gasteiger partial charge on any atom is -0.366 e. The van der Waals surface area contributed by atoms with Crippen LogP contribution < -0.4 is 10.6 Å². The summed E-state index contributed by atoms with van der Waals surface area (Å²) in [6.45, 7) is 1.70. The lowest BCUT2D eigenvalue weighted by atomic mass is 9.98. The van der Waals surface area contributed by atoms with Gasteiger partial charge in [0.25, 0.3) is 5.91 Å². The first-order valence-electron chi connectivity index (χ1n) is 5.53. The Bertz CT molecular complexity index is 441. The van der Waals surface area contributed by atoms with Crippen molar-refractivity contribution >= 4 is 11.9 Å². The van der Waals surface area contributed by atoms with Crippen molar-refractivity contribution in [3.05, 3.63) is 18.0 Å². The van der Waals surface area contributed by atoms with Gasteiger partial charge >= 0.3 is 0 Å². The molecule has 1 amide bonds. The van der Waals surface area contributed by atoms with E-state index in [1.54, 1.807) is 0 Å². The molecule has 0 unspecified atom stereocenters. The number of carbonyl (C=O) groups excluding carboxylic acids is 1. The maximum Gasteiger partial charge on any atom is 0.251 e. The second-order valence-electron chi connectivity index (χ2n) is 4.06. The molecule has 88 valence electrons. The van der Waals surface area contributed by atoms with Crippen LogP contribution in [-0.4, -0.2) is 29.0 Å². The van der Waals surface area contributed by atoms with Crippen LogP contribution in [0.5, 0.6) is 0 Å². The number of piperidine rings is 1. The first-order valence-corrected chi connectivity index (χ1v) is 5.53. The minimum atomic E-state index is -0.511. The normalized spacial score (nSPS) is 16.5. The smallest absolute Gasteiger partial charge is 0.251 e. The van der Waals surface area contributed by atoms with Gasteiger partial charge in [0, 0.05) is 31.4 Å². The molecule has 0 saturated carbocycles. The molecular formula is C12H14N4O. The number of carbonyl (C=O) groups is 1. The molecule has 0 spiro atoms. The van der Waals surface area contributed by atoms with Gasteiger partial charge < -0.3 is 10.6 Å². The zero-order valence-electron chi connectivity index (χ0n) is 9.47. The van der Waals surface area contributed by atoms with Gasteiger partial charge in [0.1, 0.15) is 0 Å². The summed E-state index contributed by atoms with van der Waals surface area (Å²) in [6.07, 6.45) is 10.2. The molecule has 5 nitrogen and oxygen atoms in total. The van der Waals surface area contributed by atoms with Gasteiger partial charge in [0.2, 0.25) is 5.95 Å². The molecule has 1 aliphatic heterocycles. The van der Waals surface area contributed by atoms with Crippen molar-refractivity contribution in [2.24, 2.45) is 11.7 Å². The molecule has 1 aromatic rings. The first kappa shape index (κ1) is 11.4. The van der Waals surface area contributed by atoms with E-state index in [9.17, 15) is 4.79 Å². The van der Waals surface area contributed by atoms with Crippen LogP contribution in [0.2, 0.25) is 0 Å². The molecular weight excluding hydrogens is 216 g/mol. The molecule has 0 aromatic carbocycles. The Morgan fingerprint density at radius 2 is 2.00 bits per heavy atom. The van der Waals surface area contributed by atoms with Gasteiger partial charge in [0.05, 0.1) is 5.56 Å². The highest BCUT2D eigenvalue weighted by Crippen LogP contribution is 2.19. The topological polar surface area (TPSA) is 72.1 Å². The third-order valence-electron chi connectivity index (χ3n) is 2.94. The van der Waals surface area contributed by atoms with Crippen LogP contribution in [0, 0.1) is 18.3 Å². The van der Waals surface area contributed by atoms with Crippen LogP contribution in [0.1, 0.15) is 23.2 Å². The number of amides is 1. The van der Waals surface area contributed by atoms with Crippen LogP contribution >= 0.6 is 0 Å². The number of terminal acetylenes is 1. The lowest BCUT2D eigenvalue weighted by Crippen LogP contribution is -2.34. The summed E-state index contributed by atoms with van der Waals surface area (Å²) < 4.78 is 0. The Kier molecular flexibility index (Phi) is 3.24. The van der Waals surface area contributed by atoms with Gasteiger partial charge in [-0.15, -0.1) is 12.3 Å². The molecule has 1 saturated heterocycles. The molecule has 2 heterocycles. The predicted octanol–water partition coefficient (Wildman–Crippen LogP) is 0.425. The third-order valence-corrected chi connectivity index (χ3v) is 2.94. The molecule has 1 fully saturated rings. The van der Waals surface area contributed by atoms with Gasteiger partial charge in [-0.05, 0) is 12.8 Å². The second kappa shape index (κ2) is 4.83. The van der Waals surface area contributed by atoms with Crippen molar-refractivity contribution in [1.82, 2.24) is 9.97 Å². The maximum absolute atomic E-state index is 10.9. The Morgan fingerprint density at radius 1 is 1.41 bits per heavy atom. The Morgan fingerprint density at radius 3 is 2.47 bits per heavy atom. The van der Waals surface area contributed by atoms with E-state index in [2.05, 4.69) is 20.8 Å². The van der Waals surface area contributed by atoms with Crippen LogP contribution in [0.25, 0.3) is 0 Å².